The van der Waals surface area contributed by atoms with Crippen LogP contribution in [0.15, 0.2) is 0 Å². The largest absolute Gasteiger partial charge is 0.481 e. The van der Waals surface area contributed by atoms with E-state index in [-0.39, 0.29) is 11.7 Å². The molecule has 0 spiro atoms. The number of hydrogen-bond acceptors (Lipinski definition) is 3. The molecule has 3 nitrogen and oxygen atoms in total. The van der Waals surface area contributed by atoms with Crippen LogP contribution >= 0.6 is 11.8 Å². The molecule has 0 bridgehead atoms. The quantitative estimate of drug-likeness (QED) is 0.727. The lowest BCUT2D eigenvalue weighted by Gasteiger charge is -2.12. The van der Waals surface area contributed by atoms with Gasteiger partial charge in [-0.15, -0.1) is 0 Å². The number of rotatable bonds is 4. The molecule has 1 aliphatic rings. The summed E-state index contributed by atoms with van der Waals surface area (Å²) >= 11 is 1.73. The number of hydrogen-bond donors (Lipinski definition) is 1. The lowest BCUT2D eigenvalue weighted by Crippen LogP contribution is -2.11. The summed E-state index contributed by atoms with van der Waals surface area (Å²) in [5.74, 6) is -0.714. The number of carbonyl (C=O) groups is 1. The number of carboxylic acid groups (broad SMARTS) is 1. The van der Waals surface area contributed by atoms with Crippen molar-refractivity contribution >= 4 is 17.7 Å². The first-order chi connectivity index (χ1) is 5.68. The standard InChI is InChI=1S/C8H14O3S/c1-6(4-8(9)10)12-7-2-3-11-5-7/h6-7H,2-5H2,1H3,(H,9,10). The van der Waals surface area contributed by atoms with Crippen molar-refractivity contribution in [2.45, 2.75) is 30.3 Å². The van der Waals surface area contributed by atoms with E-state index < -0.39 is 5.97 Å². The predicted molar refractivity (Wildman–Crippen MR) is 48.5 cm³/mol. The molecular formula is C8H14O3S. The molecule has 2 unspecified atom stereocenters. The van der Waals surface area contributed by atoms with Crippen LogP contribution in [0.3, 0.4) is 0 Å². The number of ether oxygens (including phenoxy) is 1. The molecule has 12 heavy (non-hydrogen) atoms. The first-order valence-electron chi connectivity index (χ1n) is 4.13. The smallest absolute Gasteiger partial charge is 0.304 e. The zero-order chi connectivity index (χ0) is 8.97. The van der Waals surface area contributed by atoms with Gasteiger partial charge in [-0.05, 0) is 6.42 Å². The maximum atomic E-state index is 10.3. The van der Waals surface area contributed by atoms with Crippen LogP contribution in [0.5, 0.6) is 0 Å². The van der Waals surface area contributed by atoms with Gasteiger partial charge >= 0.3 is 5.97 Å². The molecule has 0 aromatic carbocycles. The minimum absolute atomic E-state index is 0.203. The second kappa shape index (κ2) is 4.72. The summed E-state index contributed by atoms with van der Waals surface area (Å²) in [6.07, 6.45) is 1.32. The number of aliphatic carboxylic acids is 1. The molecule has 0 aliphatic carbocycles. The lowest BCUT2D eigenvalue weighted by molar-refractivity contribution is -0.136. The molecule has 0 radical (unpaired) electrons. The molecule has 1 fully saturated rings. The topological polar surface area (TPSA) is 46.5 Å². The van der Waals surface area contributed by atoms with Gasteiger partial charge in [-0.3, -0.25) is 4.79 Å². The van der Waals surface area contributed by atoms with E-state index >= 15 is 0 Å². The highest BCUT2D eigenvalue weighted by Gasteiger charge is 2.19. The van der Waals surface area contributed by atoms with Gasteiger partial charge in [0.05, 0.1) is 13.0 Å². The Bertz CT molecular complexity index is 154. The molecule has 70 valence electrons. The van der Waals surface area contributed by atoms with Crippen molar-refractivity contribution in [1.29, 1.82) is 0 Å². The maximum Gasteiger partial charge on any atom is 0.304 e. The maximum absolute atomic E-state index is 10.3. The van der Waals surface area contributed by atoms with Gasteiger partial charge in [0, 0.05) is 17.1 Å². The highest BCUT2D eigenvalue weighted by molar-refractivity contribution is 8.00. The third-order valence-corrected chi connectivity index (χ3v) is 3.16. The van der Waals surface area contributed by atoms with Crippen LogP contribution < -0.4 is 0 Å². The second-order valence-corrected chi connectivity index (χ2v) is 4.77. The van der Waals surface area contributed by atoms with E-state index in [1.54, 1.807) is 11.8 Å². The van der Waals surface area contributed by atoms with Crippen molar-refractivity contribution in [3.8, 4) is 0 Å². The average molecular weight is 190 g/mol. The van der Waals surface area contributed by atoms with Crippen LogP contribution in [0.25, 0.3) is 0 Å². The Kier molecular flexibility index (Phi) is 3.88. The van der Waals surface area contributed by atoms with E-state index in [2.05, 4.69) is 0 Å². The highest BCUT2D eigenvalue weighted by atomic mass is 32.2. The average Bonchev–Trinajstić information content (AvgIpc) is 2.37. The van der Waals surface area contributed by atoms with E-state index in [0.29, 0.717) is 5.25 Å². The summed E-state index contributed by atoms with van der Waals surface area (Å²) in [6, 6.07) is 0. The zero-order valence-corrected chi connectivity index (χ0v) is 7.97. The summed E-state index contributed by atoms with van der Waals surface area (Å²) in [6.45, 7) is 3.57. The molecule has 1 heterocycles. The van der Waals surface area contributed by atoms with E-state index in [0.717, 1.165) is 19.6 Å². The first-order valence-corrected chi connectivity index (χ1v) is 5.07. The van der Waals surface area contributed by atoms with Crippen LogP contribution in [0.2, 0.25) is 0 Å². The van der Waals surface area contributed by atoms with Crippen LogP contribution in [0.4, 0.5) is 0 Å². The summed E-state index contributed by atoms with van der Waals surface area (Å²) in [5.41, 5.74) is 0. The van der Waals surface area contributed by atoms with E-state index in [4.69, 9.17) is 9.84 Å². The van der Waals surface area contributed by atoms with Crippen molar-refractivity contribution in [3.63, 3.8) is 0 Å². The summed E-state index contributed by atoms with van der Waals surface area (Å²) in [4.78, 5) is 10.3. The molecule has 0 aromatic rings. The molecule has 2 atom stereocenters. The van der Waals surface area contributed by atoms with E-state index in [9.17, 15) is 4.79 Å². The fourth-order valence-electron chi connectivity index (χ4n) is 1.24. The molecule has 4 heteroatoms. The Morgan fingerprint density at radius 1 is 1.83 bits per heavy atom. The normalized spacial score (nSPS) is 25.6. The van der Waals surface area contributed by atoms with Crippen molar-refractivity contribution in [3.05, 3.63) is 0 Å². The molecule has 1 saturated heterocycles. The van der Waals surface area contributed by atoms with Gasteiger partial charge in [-0.25, -0.2) is 0 Å². The third kappa shape index (κ3) is 3.45. The third-order valence-electron chi connectivity index (χ3n) is 1.77. The van der Waals surface area contributed by atoms with Crippen LogP contribution in [-0.2, 0) is 9.53 Å². The van der Waals surface area contributed by atoms with Gasteiger partial charge in [-0.2, -0.15) is 11.8 Å². The molecule has 0 amide bonds. The fourth-order valence-corrected chi connectivity index (χ4v) is 2.55. The Labute approximate surface area is 76.5 Å². The van der Waals surface area contributed by atoms with Crippen LogP contribution in [-0.4, -0.2) is 34.8 Å². The van der Waals surface area contributed by atoms with Gasteiger partial charge in [0.1, 0.15) is 0 Å². The molecule has 0 saturated carbocycles. The van der Waals surface area contributed by atoms with Crippen LogP contribution in [0.1, 0.15) is 19.8 Å². The summed E-state index contributed by atoms with van der Waals surface area (Å²) in [7, 11) is 0. The first kappa shape index (κ1) is 9.86. The molecule has 1 N–H and O–H groups in total. The Morgan fingerprint density at radius 3 is 3.08 bits per heavy atom. The number of thioether (sulfide) groups is 1. The van der Waals surface area contributed by atoms with Gasteiger partial charge in [0.25, 0.3) is 0 Å². The van der Waals surface area contributed by atoms with Gasteiger partial charge in [0.15, 0.2) is 0 Å². The minimum Gasteiger partial charge on any atom is -0.481 e. The van der Waals surface area contributed by atoms with Crippen molar-refractivity contribution in [2.75, 3.05) is 13.2 Å². The Morgan fingerprint density at radius 2 is 2.58 bits per heavy atom. The second-order valence-electron chi connectivity index (χ2n) is 3.03. The Balaban J connectivity index is 2.16. The molecule has 1 aliphatic heterocycles. The van der Waals surface area contributed by atoms with Crippen molar-refractivity contribution in [1.82, 2.24) is 0 Å². The van der Waals surface area contributed by atoms with Gasteiger partial charge in [0.2, 0.25) is 0 Å². The molecule has 0 aromatic heterocycles. The lowest BCUT2D eigenvalue weighted by atomic mass is 10.3. The monoisotopic (exact) mass is 190 g/mol. The predicted octanol–water partition coefficient (Wildman–Crippen LogP) is 1.37. The Hall–Kier alpha value is -0.220. The fraction of sp³-hybridized carbons (Fsp3) is 0.875. The number of carboxylic acids is 1. The highest BCUT2D eigenvalue weighted by Crippen LogP contribution is 2.26. The summed E-state index contributed by atoms with van der Waals surface area (Å²) < 4.78 is 5.19. The van der Waals surface area contributed by atoms with Crippen molar-refractivity contribution < 1.29 is 14.6 Å². The SMILES string of the molecule is CC(CC(=O)O)SC1CCOC1. The van der Waals surface area contributed by atoms with Gasteiger partial charge in [-0.1, -0.05) is 6.92 Å². The minimum atomic E-state index is -0.714. The van der Waals surface area contributed by atoms with Crippen LogP contribution in [0, 0.1) is 0 Å². The molecular weight excluding hydrogens is 176 g/mol. The van der Waals surface area contributed by atoms with E-state index in [1.165, 1.54) is 0 Å². The van der Waals surface area contributed by atoms with E-state index in [1.807, 2.05) is 6.92 Å². The van der Waals surface area contributed by atoms with Gasteiger partial charge < -0.3 is 9.84 Å². The van der Waals surface area contributed by atoms with Crippen molar-refractivity contribution in [2.24, 2.45) is 0 Å². The molecule has 1 rings (SSSR count). The zero-order valence-electron chi connectivity index (χ0n) is 7.16. The summed E-state index contributed by atoms with van der Waals surface area (Å²) in [5, 5.41) is 9.23.